The minimum absolute atomic E-state index is 0.147. The summed E-state index contributed by atoms with van der Waals surface area (Å²) in [6.07, 6.45) is 0. The number of hydrogen-bond donors (Lipinski definition) is 2. The van der Waals surface area contributed by atoms with Crippen molar-refractivity contribution in [1.29, 1.82) is 0 Å². The van der Waals surface area contributed by atoms with Gasteiger partial charge in [-0.3, -0.25) is 10.2 Å². The molecule has 0 unspecified atom stereocenters. The van der Waals surface area contributed by atoms with Crippen LogP contribution in [-0.4, -0.2) is 10.9 Å². The molecule has 8 heteroatoms. The van der Waals surface area contributed by atoms with E-state index in [-0.39, 0.29) is 11.6 Å². The van der Waals surface area contributed by atoms with Crippen molar-refractivity contribution in [3.63, 3.8) is 0 Å². The lowest BCUT2D eigenvalue weighted by Gasteiger charge is -2.06. The number of nitrogens with zero attached hydrogens (tertiary/aromatic N) is 1. The van der Waals surface area contributed by atoms with Gasteiger partial charge in [0.1, 0.15) is 6.61 Å². The molecule has 0 saturated heterocycles. The molecule has 3 N–H and O–H groups in total. The molecule has 1 amide bonds. The number of nitrogen functional groups attached to an aromatic ring is 1. The van der Waals surface area contributed by atoms with E-state index in [4.69, 9.17) is 10.6 Å². The summed E-state index contributed by atoms with van der Waals surface area (Å²) in [6, 6.07) is 3.42. The summed E-state index contributed by atoms with van der Waals surface area (Å²) in [4.78, 5) is 15.1. The fraction of sp³-hybridized carbons (Fsp3) is 0.0909. The minimum Gasteiger partial charge on any atom is -0.481 e. The molecule has 1 aromatic carbocycles. The van der Waals surface area contributed by atoms with E-state index in [0.29, 0.717) is 5.69 Å². The number of rotatable bonds is 4. The zero-order valence-electron chi connectivity index (χ0n) is 9.52. The molecule has 0 aliphatic carbocycles. The van der Waals surface area contributed by atoms with Crippen molar-refractivity contribution in [1.82, 2.24) is 10.4 Å². The Labute approximate surface area is 111 Å². The lowest BCUT2D eigenvalue weighted by molar-refractivity contribution is 0.0953. The number of para-hydroxylation sites is 1. The largest absolute Gasteiger partial charge is 0.481 e. The Morgan fingerprint density at radius 2 is 2.11 bits per heavy atom. The number of nitrogens with two attached hydrogens (primary N) is 1. The average molecular weight is 285 g/mol. The van der Waals surface area contributed by atoms with Crippen molar-refractivity contribution in [3.8, 4) is 5.75 Å². The van der Waals surface area contributed by atoms with Gasteiger partial charge in [0.25, 0.3) is 5.91 Å². The van der Waals surface area contributed by atoms with Gasteiger partial charge in [-0.15, -0.1) is 11.3 Å². The first-order chi connectivity index (χ1) is 9.11. The number of carbonyl (C=O) groups is 1. The van der Waals surface area contributed by atoms with Crippen LogP contribution in [0.25, 0.3) is 0 Å². The van der Waals surface area contributed by atoms with E-state index in [2.05, 4.69) is 4.98 Å². The highest BCUT2D eigenvalue weighted by Gasteiger charge is 2.13. The smallest absolute Gasteiger partial charge is 0.294 e. The SMILES string of the molecule is NNC(=O)c1nc(COc2c(F)cccc2F)cs1. The third kappa shape index (κ3) is 3.04. The van der Waals surface area contributed by atoms with Crippen LogP contribution >= 0.6 is 11.3 Å². The Kier molecular flexibility index (Phi) is 4.03. The number of thiazole rings is 1. The van der Waals surface area contributed by atoms with E-state index in [1.165, 1.54) is 6.07 Å². The second-order valence-electron chi connectivity index (χ2n) is 3.46. The van der Waals surface area contributed by atoms with Crippen LogP contribution in [0.1, 0.15) is 15.5 Å². The van der Waals surface area contributed by atoms with E-state index >= 15 is 0 Å². The van der Waals surface area contributed by atoms with Crippen LogP contribution in [0.4, 0.5) is 8.78 Å². The van der Waals surface area contributed by atoms with Crippen LogP contribution in [-0.2, 0) is 6.61 Å². The number of benzene rings is 1. The van der Waals surface area contributed by atoms with E-state index in [9.17, 15) is 13.6 Å². The Bertz CT molecular complexity index is 583. The molecule has 0 saturated carbocycles. The second kappa shape index (κ2) is 5.72. The molecule has 2 rings (SSSR count). The van der Waals surface area contributed by atoms with E-state index < -0.39 is 23.3 Å². The van der Waals surface area contributed by atoms with Crippen molar-refractivity contribution in [3.05, 3.63) is 45.9 Å². The van der Waals surface area contributed by atoms with E-state index in [1.54, 1.807) is 5.38 Å². The predicted octanol–water partition coefficient (Wildman–Crippen LogP) is 1.60. The van der Waals surface area contributed by atoms with Gasteiger partial charge in [-0.25, -0.2) is 19.6 Å². The number of nitrogens with one attached hydrogen (secondary N) is 1. The highest BCUT2D eigenvalue weighted by molar-refractivity contribution is 7.11. The van der Waals surface area contributed by atoms with E-state index in [0.717, 1.165) is 23.5 Å². The molecule has 1 aromatic heterocycles. The first-order valence-electron chi connectivity index (χ1n) is 5.14. The number of aromatic nitrogens is 1. The maximum atomic E-state index is 13.3. The summed E-state index contributed by atoms with van der Waals surface area (Å²) in [6.45, 7) is -0.147. The number of hydrazine groups is 1. The molecule has 0 spiro atoms. The summed E-state index contributed by atoms with van der Waals surface area (Å²) in [5.74, 6) is 2.36. The van der Waals surface area contributed by atoms with Crippen LogP contribution in [0, 0.1) is 11.6 Å². The lowest BCUT2D eigenvalue weighted by atomic mass is 10.3. The van der Waals surface area contributed by atoms with Crippen LogP contribution in [0.3, 0.4) is 0 Å². The van der Waals surface area contributed by atoms with Gasteiger partial charge in [-0.2, -0.15) is 0 Å². The van der Waals surface area contributed by atoms with Gasteiger partial charge in [0.2, 0.25) is 0 Å². The molecular weight excluding hydrogens is 276 g/mol. The highest BCUT2D eigenvalue weighted by atomic mass is 32.1. The molecule has 2 aromatic rings. The van der Waals surface area contributed by atoms with Crippen molar-refractivity contribution < 1.29 is 18.3 Å². The van der Waals surface area contributed by atoms with Gasteiger partial charge >= 0.3 is 0 Å². The molecule has 5 nitrogen and oxygen atoms in total. The third-order valence-electron chi connectivity index (χ3n) is 2.16. The molecule has 1 heterocycles. The monoisotopic (exact) mass is 285 g/mol. The predicted molar refractivity (Wildman–Crippen MR) is 64.5 cm³/mol. The van der Waals surface area contributed by atoms with Crippen molar-refractivity contribution in [2.75, 3.05) is 0 Å². The summed E-state index contributed by atoms with van der Waals surface area (Å²) < 4.78 is 31.6. The number of carbonyl (C=O) groups excluding carboxylic acids is 1. The molecular formula is C11H9F2N3O2S. The Morgan fingerprint density at radius 3 is 2.74 bits per heavy atom. The number of halogens is 2. The van der Waals surface area contributed by atoms with E-state index in [1.807, 2.05) is 5.43 Å². The molecule has 0 atom stereocenters. The first-order valence-corrected chi connectivity index (χ1v) is 6.02. The maximum Gasteiger partial charge on any atom is 0.294 e. The van der Waals surface area contributed by atoms with Crippen LogP contribution in [0.5, 0.6) is 5.75 Å². The highest BCUT2D eigenvalue weighted by Crippen LogP contribution is 2.22. The quantitative estimate of drug-likeness (QED) is 0.508. The summed E-state index contributed by atoms with van der Waals surface area (Å²) in [5, 5.41) is 1.69. The van der Waals surface area contributed by atoms with Crippen LogP contribution < -0.4 is 16.0 Å². The Hall–Kier alpha value is -2.06. The number of amides is 1. The molecule has 0 radical (unpaired) electrons. The zero-order chi connectivity index (χ0) is 13.8. The fourth-order valence-corrected chi connectivity index (χ4v) is 2.01. The van der Waals surface area contributed by atoms with Crippen molar-refractivity contribution in [2.24, 2.45) is 5.84 Å². The number of hydrogen-bond acceptors (Lipinski definition) is 5. The normalized spacial score (nSPS) is 10.3. The van der Waals surface area contributed by atoms with Gasteiger partial charge in [0.15, 0.2) is 22.4 Å². The lowest BCUT2D eigenvalue weighted by Crippen LogP contribution is -2.29. The van der Waals surface area contributed by atoms with Gasteiger partial charge in [-0.05, 0) is 12.1 Å². The van der Waals surface area contributed by atoms with Crippen LogP contribution in [0.15, 0.2) is 23.6 Å². The van der Waals surface area contributed by atoms with Crippen molar-refractivity contribution in [2.45, 2.75) is 6.61 Å². The van der Waals surface area contributed by atoms with Gasteiger partial charge in [0.05, 0.1) is 5.69 Å². The summed E-state index contributed by atoms with van der Waals surface area (Å²) in [7, 11) is 0. The molecule has 19 heavy (non-hydrogen) atoms. The first kappa shape index (κ1) is 13.4. The molecule has 0 fully saturated rings. The van der Waals surface area contributed by atoms with Gasteiger partial charge in [0, 0.05) is 5.38 Å². The Morgan fingerprint density at radius 1 is 1.42 bits per heavy atom. The third-order valence-corrected chi connectivity index (χ3v) is 3.05. The van der Waals surface area contributed by atoms with Gasteiger partial charge in [-0.1, -0.05) is 6.07 Å². The standard InChI is InChI=1S/C11H9F2N3O2S/c12-7-2-1-3-8(13)9(7)18-4-6-5-19-11(15-6)10(17)16-14/h1-3,5H,4,14H2,(H,16,17). The minimum atomic E-state index is -0.796. The maximum absolute atomic E-state index is 13.3. The number of ether oxygens (including phenoxy) is 1. The van der Waals surface area contributed by atoms with Gasteiger partial charge < -0.3 is 4.74 Å². The summed E-state index contributed by atoms with van der Waals surface area (Å²) >= 11 is 1.06. The molecule has 100 valence electrons. The fourth-order valence-electron chi connectivity index (χ4n) is 1.31. The summed E-state index contributed by atoms with van der Waals surface area (Å²) in [5.41, 5.74) is 2.32. The zero-order valence-corrected chi connectivity index (χ0v) is 10.3. The van der Waals surface area contributed by atoms with Crippen LogP contribution in [0.2, 0.25) is 0 Å². The Balaban J connectivity index is 2.07. The molecule has 0 bridgehead atoms. The second-order valence-corrected chi connectivity index (χ2v) is 4.32. The molecule has 0 aliphatic rings. The molecule has 0 aliphatic heterocycles. The van der Waals surface area contributed by atoms with Crippen molar-refractivity contribution >= 4 is 17.2 Å². The average Bonchev–Trinajstić information content (AvgIpc) is 2.86. The topological polar surface area (TPSA) is 77.2 Å².